The zero-order valence-corrected chi connectivity index (χ0v) is 17.7. The number of carbonyl (C=O) groups is 2. The van der Waals surface area contributed by atoms with Gasteiger partial charge >= 0.3 is 0 Å². The summed E-state index contributed by atoms with van der Waals surface area (Å²) in [5.74, 6) is 1.72. The van der Waals surface area contributed by atoms with E-state index in [0.29, 0.717) is 41.8 Å². The van der Waals surface area contributed by atoms with Crippen LogP contribution in [0.5, 0.6) is 17.2 Å². The van der Waals surface area contributed by atoms with Crippen molar-refractivity contribution in [2.24, 2.45) is 5.92 Å². The van der Waals surface area contributed by atoms with Crippen molar-refractivity contribution in [3.8, 4) is 17.2 Å². The van der Waals surface area contributed by atoms with Crippen LogP contribution in [0.25, 0.3) is 0 Å². The van der Waals surface area contributed by atoms with Crippen LogP contribution in [0.2, 0.25) is 0 Å². The van der Waals surface area contributed by atoms with Gasteiger partial charge in [0.25, 0.3) is 5.91 Å². The molecule has 0 aromatic heterocycles. The number of benzene rings is 1. The Hall–Kier alpha value is -2.44. The van der Waals surface area contributed by atoms with Gasteiger partial charge in [0.2, 0.25) is 5.91 Å². The summed E-state index contributed by atoms with van der Waals surface area (Å²) in [6.45, 7) is 1.40. The van der Waals surface area contributed by atoms with Crippen molar-refractivity contribution in [1.29, 1.82) is 0 Å². The summed E-state index contributed by atoms with van der Waals surface area (Å²) >= 11 is 0. The van der Waals surface area contributed by atoms with Crippen molar-refractivity contribution in [2.45, 2.75) is 51.0 Å². The van der Waals surface area contributed by atoms with Crippen LogP contribution in [-0.2, 0) is 4.79 Å². The topological polar surface area (TPSA) is 77.1 Å². The van der Waals surface area contributed by atoms with Gasteiger partial charge in [-0.3, -0.25) is 9.59 Å². The zero-order chi connectivity index (χ0) is 20.8. The minimum atomic E-state index is -0.208. The number of ether oxygens (including phenoxy) is 3. The molecule has 29 heavy (non-hydrogen) atoms. The van der Waals surface area contributed by atoms with Crippen LogP contribution in [0.1, 0.15) is 55.3 Å². The van der Waals surface area contributed by atoms with E-state index in [2.05, 4.69) is 5.32 Å². The first-order chi connectivity index (χ1) is 14.1. The maximum atomic E-state index is 12.9. The van der Waals surface area contributed by atoms with Crippen molar-refractivity contribution in [2.75, 3.05) is 34.4 Å². The van der Waals surface area contributed by atoms with E-state index < -0.39 is 0 Å². The highest BCUT2D eigenvalue weighted by Gasteiger charge is 2.30. The smallest absolute Gasteiger partial charge is 0.255 e. The van der Waals surface area contributed by atoms with Gasteiger partial charge in [0.15, 0.2) is 11.5 Å². The molecule has 0 unspecified atom stereocenters. The SMILES string of the molecule is COc1cc(OC)c(C(=O)NC2CCN(C(=O)C3CCCCC3)CC2)cc1OC. The first kappa shape index (κ1) is 21.3. The highest BCUT2D eigenvalue weighted by atomic mass is 16.5. The molecule has 3 rings (SSSR count). The van der Waals surface area contributed by atoms with Gasteiger partial charge in [0, 0.05) is 37.2 Å². The van der Waals surface area contributed by atoms with Gasteiger partial charge in [-0.15, -0.1) is 0 Å². The molecule has 1 aromatic rings. The second kappa shape index (κ2) is 9.85. The minimum Gasteiger partial charge on any atom is -0.496 e. The van der Waals surface area contributed by atoms with Gasteiger partial charge in [-0.2, -0.15) is 0 Å². The normalized spacial score (nSPS) is 18.2. The van der Waals surface area contributed by atoms with E-state index in [9.17, 15) is 9.59 Å². The molecule has 1 aliphatic heterocycles. The Bertz CT molecular complexity index is 722. The van der Waals surface area contributed by atoms with Crippen LogP contribution in [0.4, 0.5) is 0 Å². The standard InChI is InChI=1S/C22H32N2O5/c1-27-18-14-20(29-3)19(28-2)13-17(18)21(25)23-16-9-11-24(12-10-16)22(26)15-7-5-4-6-8-15/h13-16H,4-12H2,1-3H3,(H,23,25). The average molecular weight is 405 g/mol. The van der Waals surface area contributed by atoms with Gasteiger partial charge in [-0.05, 0) is 25.7 Å². The maximum absolute atomic E-state index is 12.9. The molecule has 7 heteroatoms. The number of piperidine rings is 1. The van der Waals surface area contributed by atoms with E-state index >= 15 is 0 Å². The molecule has 1 aromatic carbocycles. The third kappa shape index (κ3) is 4.95. The Kier molecular flexibility index (Phi) is 7.23. The number of rotatable bonds is 6. The molecule has 2 amide bonds. The lowest BCUT2D eigenvalue weighted by Crippen LogP contribution is -2.48. The number of amides is 2. The van der Waals surface area contributed by atoms with Gasteiger partial charge in [0.1, 0.15) is 5.75 Å². The second-order valence-corrected chi connectivity index (χ2v) is 7.82. The van der Waals surface area contributed by atoms with E-state index in [1.54, 1.807) is 19.2 Å². The molecule has 1 N–H and O–H groups in total. The third-order valence-electron chi connectivity index (χ3n) is 6.05. The molecule has 1 saturated carbocycles. The summed E-state index contributed by atoms with van der Waals surface area (Å²) < 4.78 is 15.9. The summed E-state index contributed by atoms with van der Waals surface area (Å²) in [7, 11) is 4.60. The number of hydrogen-bond donors (Lipinski definition) is 1. The third-order valence-corrected chi connectivity index (χ3v) is 6.05. The molecule has 1 heterocycles. The molecule has 0 atom stereocenters. The number of likely N-dealkylation sites (tertiary alicyclic amines) is 1. The maximum Gasteiger partial charge on any atom is 0.255 e. The van der Waals surface area contributed by atoms with Crippen LogP contribution in [-0.4, -0.2) is 57.2 Å². The van der Waals surface area contributed by atoms with E-state index in [1.807, 2.05) is 4.90 Å². The van der Waals surface area contributed by atoms with E-state index in [1.165, 1.54) is 20.6 Å². The lowest BCUT2D eigenvalue weighted by Gasteiger charge is -2.35. The lowest BCUT2D eigenvalue weighted by atomic mass is 9.87. The summed E-state index contributed by atoms with van der Waals surface area (Å²) in [6.07, 6.45) is 7.15. The number of methoxy groups -OCH3 is 3. The predicted molar refractivity (Wildman–Crippen MR) is 110 cm³/mol. The first-order valence-corrected chi connectivity index (χ1v) is 10.5. The predicted octanol–water partition coefficient (Wildman–Crippen LogP) is 3.01. The van der Waals surface area contributed by atoms with Gasteiger partial charge in [-0.1, -0.05) is 19.3 Å². The fourth-order valence-electron chi connectivity index (χ4n) is 4.32. The Morgan fingerprint density at radius 3 is 2.03 bits per heavy atom. The lowest BCUT2D eigenvalue weighted by molar-refractivity contribution is -0.137. The zero-order valence-electron chi connectivity index (χ0n) is 17.7. The number of nitrogens with one attached hydrogen (secondary N) is 1. The first-order valence-electron chi connectivity index (χ1n) is 10.5. The summed E-state index contributed by atoms with van der Waals surface area (Å²) in [5, 5.41) is 3.08. The van der Waals surface area contributed by atoms with E-state index in [-0.39, 0.29) is 17.9 Å². The van der Waals surface area contributed by atoms with Crippen LogP contribution in [0.3, 0.4) is 0 Å². The Morgan fingerprint density at radius 2 is 1.45 bits per heavy atom. The van der Waals surface area contributed by atoms with Crippen molar-refractivity contribution < 1.29 is 23.8 Å². The second-order valence-electron chi connectivity index (χ2n) is 7.82. The molecular formula is C22H32N2O5. The molecular weight excluding hydrogens is 372 g/mol. The van der Waals surface area contributed by atoms with Crippen molar-refractivity contribution in [1.82, 2.24) is 10.2 Å². The van der Waals surface area contributed by atoms with Crippen molar-refractivity contribution in [3.63, 3.8) is 0 Å². The molecule has 2 aliphatic rings. The molecule has 0 spiro atoms. The Balaban J connectivity index is 1.59. The van der Waals surface area contributed by atoms with Crippen LogP contribution >= 0.6 is 0 Å². The minimum absolute atomic E-state index is 0.0377. The monoisotopic (exact) mass is 404 g/mol. The van der Waals surface area contributed by atoms with Crippen LogP contribution in [0, 0.1) is 5.92 Å². The largest absolute Gasteiger partial charge is 0.496 e. The molecule has 0 bridgehead atoms. The average Bonchev–Trinajstić information content (AvgIpc) is 2.78. The summed E-state index contributed by atoms with van der Waals surface area (Å²) in [6, 6.07) is 3.32. The highest BCUT2D eigenvalue weighted by Crippen LogP contribution is 2.34. The van der Waals surface area contributed by atoms with Gasteiger partial charge < -0.3 is 24.4 Å². The molecule has 7 nitrogen and oxygen atoms in total. The molecule has 1 saturated heterocycles. The number of nitrogens with zero attached hydrogens (tertiary/aromatic N) is 1. The molecule has 0 radical (unpaired) electrons. The van der Waals surface area contributed by atoms with Gasteiger partial charge in [0.05, 0.1) is 26.9 Å². The fraction of sp³-hybridized carbons (Fsp3) is 0.636. The van der Waals surface area contributed by atoms with Crippen molar-refractivity contribution >= 4 is 11.8 Å². The Morgan fingerprint density at radius 1 is 0.862 bits per heavy atom. The molecule has 2 fully saturated rings. The Labute approximate surface area is 172 Å². The summed E-state index contributed by atoms with van der Waals surface area (Å²) in [4.78, 5) is 27.6. The number of hydrogen-bond acceptors (Lipinski definition) is 5. The van der Waals surface area contributed by atoms with Crippen molar-refractivity contribution in [3.05, 3.63) is 17.7 Å². The fourth-order valence-corrected chi connectivity index (χ4v) is 4.32. The summed E-state index contributed by atoms with van der Waals surface area (Å²) in [5.41, 5.74) is 0.408. The highest BCUT2D eigenvalue weighted by molar-refractivity contribution is 5.98. The van der Waals surface area contributed by atoms with Crippen LogP contribution in [0.15, 0.2) is 12.1 Å². The van der Waals surface area contributed by atoms with Gasteiger partial charge in [-0.25, -0.2) is 0 Å². The number of carbonyl (C=O) groups excluding carboxylic acids is 2. The van der Waals surface area contributed by atoms with E-state index in [4.69, 9.17) is 14.2 Å². The molecule has 1 aliphatic carbocycles. The van der Waals surface area contributed by atoms with Crippen LogP contribution < -0.4 is 19.5 Å². The molecule has 160 valence electrons. The van der Waals surface area contributed by atoms with E-state index in [0.717, 1.165) is 38.5 Å². The quantitative estimate of drug-likeness (QED) is 0.789.